The maximum atomic E-state index is 12.9. The lowest BCUT2D eigenvalue weighted by molar-refractivity contribution is 0.0977. The van der Waals surface area contributed by atoms with Gasteiger partial charge in [-0.25, -0.2) is 0 Å². The summed E-state index contributed by atoms with van der Waals surface area (Å²) >= 11 is 6.20. The third-order valence-electron chi connectivity index (χ3n) is 4.03. The molecule has 0 fully saturated rings. The highest BCUT2D eigenvalue weighted by atomic mass is 35.5. The van der Waals surface area contributed by atoms with E-state index in [1.807, 2.05) is 0 Å². The minimum absolute atomic E-state index is 0.0728. The molecule has 0 radical (unpaired) electrons. The van der Waals surface area contributed by atoms with Gasteiger partial charge in [0.05, 0.1) is 22.5 Å². The number of carbonyl (C=O) groups is 3. The van der Waals surface area contributed by atoms with E-state index in [1.165, 1.54) is 24.5 Å². The number of halogens is 1. The molecule has 1 N–H and O–H groups in total. The molecule has 0 aliphatic heterocycles. The molecule has 1 aliphatic rings. The summed E-state index contributed by atoms with van der Waals surface area (Å²) in [6.45, 7) is 0. The van der Waals surface area contributed by atoms with Crippen molar-refractivity contribution < 1.29 is 18.8 Å². The van der Waals surface area contributed by atoms with E-state index in [2.05, 4.69) is 5.32 Å². The predicted molar refractivity (Wildman–Crippen MR) is 91.4 cm³/mol. The Labute approximate surface area is 147 Å². The monoisotopic (exact) mass is 351 g/mol. The number of hydrogen-bond acceptors (Lipinski definition) is 4. The number of carbonyl (C=O) groups excluding carboxylic acids is 3. The van der Waals surface area contributed by atoms with E-state index in [0.717, 1.165) is 0 Å². The van der Waals surface area contributed by atoms with Crippen LogP contribution in [0, 0.1) is 0 Å². The zero-order valence-electron chi connectivity index (χ0n) is 12.7. The highest BCUT2D eigenvalue weighted by Gasteiger charge is 2.33. The van der Waals surface area contributed by atoms with Gasteiger partial charge >= 0.3 is 0 Å². The highest BCUT2D eigenvalue weighted by Crippen LogP contribution is 2.36. The molecular formula is C19H10ClNO4. The summed E-state index contributed by atoms with van der Waals surface area (Å²) in [5, 5.41) is 2.75. The van der Waals surface area contributed by atoms with Crippen molar-refractivity contribution in [1.29, 1.82) is 0 Å². The molecule has 0 saturated heterocycles. The fourth-order valence-electron chi connectivity index (χ4n) is 2.87. The van der Waals surface area contributed by atoms with Crippen molar-refractivity contribution in [3.63, 3.8) is 0 Å². The highest BCUT2D eigenvalue weighted by molar-refractivity contribution is 6.38. The average molecular weight is 352 g/mol. The molecule has 4 rings (SSSR count). The Morgan fingerprint density at radius 1 is 0.880 bits per heavy atom. The number of fused-ring (bicyclic) bond motifs is 2. The van der Waals surface area contributed by atoms with Crippen molar-refractivity contribution in [1.82, 2.24) is 0 Å². The number of rotatable bonds is 2. The molecular weight excluding hydrogens is 342 g/mol. The average Bonchev–Trinajstić information content (AvgIpc) is 3.16. The number of anilines is 1. The Hall–Kier alpha value is -3.18. The number of nitrogens with one attached hydrogen (secondary N) is 1. The standard InChI is InChI=1S/C19H10ClNO4/c20-13-8-7-12-15(16(13)21-19(24)14-6-3-9-25-14)18(23)11-5-2-1-4-10(11)17(12)22/h1-9H,(H,21,24). The molecule has 0 spiro atoms. The molecule has 25 heavy (non-hydrogen) atoms. The second-order valence-corrected chi connectivity index (χ2v) is 5.89. The van der Waals surface area contributed by atoms with Gasteiger partial charge in [-0.05, 0) is 24.3 Å². The van der Waals surface area contributed by atoms with Crippen molar-refractivity contribution in [3.05, 3.63) is 87.8 Å². The molecule has 0 saturated carbocycles. The van der Waals surface area contributed by atoms with Gasteiger partial charge in [0, 0.05) is 16.7 Å². The lowest BCUT2D eigenvalue weighted by Crippen LogP contribution is -2.24. The maximum absolute atomic E-state index is 12.9. The largest absolute Gasteiger partial charge is 0.459 e. The first-order chi connectivity index (χ1) is 12.1. The lowest BCUT2D eigenvalue weighted by atomic mass is 9.83. The van der Waals surface area contributed by atoms with E-state index < -0.39 is 5.91 Å². The topological polar surface area (TPSA) is 76.4 Å². The molecule has 1 amide bonds. The van der Waals surface area contributed by atoms with Crippen molar-refractivity contribution in [2.24, 2.45) is 0 Å². The van der Waals surface area contributed by atoms with Crippen LogP contribution in [0.5, 0.6) is 0 Å². The SMILES string of the molecule is O=C(Nc1c(Cl)ccc2c1C(=O)c1ccccc1C2=O)c1ccco1. The van der Waals surface area contributed by atoms with E-state index in [0.29, 0.717) is 5.56 Å². The van der Waals surface area contributed by atoms with Crippen LogP contribution in [0.3, 0.4) is 0 Å². The summed E-state index contributed by atoms with van der Waals surface area (Å²) in [6.07, 6.45) is 1.36. The van der Waals surface area contributed by atoms with Crippen LogP contribution in [0.25, 0.3) is 0 Å². The van der Waals surface area contributed by atoms with E-state index in [9.17, 15) is 14.4 Å². The Balaban J connectivity index is 1.86. The molecule has 1 aromatic heterocycles. The molecule has 1 aliphatic carbocycles. The predicted octanol–water partition coefficient (Wildman–Crippen LogP) is 3.96. The summed E-state index contributed by atoms with van der Waals surface area (Å²) in [6, 6.07) is 12.6. The molecule has 0 atom stereocenters. The second kappa shape index (κ2) is 5.72. The Morgan fingerprint density at radius 2 is 1.60 bits per heavy atom. The molecule has 1 heterocycles. The lowest BCUT2D eigenvalue weighted by Gasteiger charge is -2.21. The Bertz CT molecular complexity index is 1040. The number of hydrogen-bond donors (Lipinski definition) is 1. The van der Waals surface area contributed by atoms with Gasteiger partial charge in [0.15, 0.2) is 17.3 Å². The number of ketones is 2. The fraction of sp³-hybridized carbons (Fsp3) is 0. The normalized spacial score (nSPS) is 12.5. The van der Waals surface area contributed by atoms with Crippen molar-refractivity contribution >= 4 is 34.8 Å². The Kier molecular flexibility index (Phi) is 3.51. The first-order valence-corrected chi connectivity index (χ1v) is 7.81. The summed E-state index contributed by atoms with van der Waals surface area (Å²) < 4.78 is 5.05. The van der Waals surface area contributed by atoms with Crippen LogP contribution in [0.1, 0.15) is 42.4 Å². The van der Waals surface area contributed by atoms with E-state index in [-0.39, 0.29) is 44.7 Å². The number of benzene rings is 2. The molecule has 0 bridgehead atoms. The summed E-state index contributed by atoms with van der Waals surface area (Å²) in [4.78, 5) is 37.9. The van der Waals surface area contributed by atoms with Gasteiger partial charge in [0.1, 0.15) is 0 Å². The first-order valence-electron chi connectivity index (χ1n) is 7.43. The summed E-state index contributed by atoms with van der Waals surface area (Å²) in [5.74, 6) is -1.12. The Morgan fingerprint density at radius 3 is 2.28 bits per heavy atom. The molecule has 5 nitrogen and oxygen atoms in total. The second-order valence-electron chi connectivity index (χ2n) is 5.48. The smallest absolute Gasteiger partial charge is 0.291 e. The van der Waals surface area contributed by atoms with Crippen LogP contribution in [0.15, 0.2) is 59.2 Å². The number of furan rings is 1. The van der Waals surface area contributed by atoms with Gasteiger partial charge in [-0.3, -0.25) is 14.4 Å². The van der Waals surface area contributed by atoms with Crippen LogP contribution < -0.4 is 5.32 Å². The molecule has 3 aromatic rings. The van der Waals surface area contributed by atoms with E-state index in [4.69, 9.17) is 16.0 Å². The third kappa shape index (κ3) is 2.37. The van der Waals surface area contributed by atoms with Gasteiger partial charge in [-0.15, -0.1) is 0 Å². The van der Waals surface area contributed by atoms with Crippen molar-refractivity contribution in [2.75, 3.05) is 5.32 Å². The summed E-state index contributed by atoms with van der Waals surface area (Å²) in [7, 11) is 0. The number of amides is 1. The molecule has 2 aromatic carbocycles. The minimum Gasteiger partial charge on any atom is -0.459 e. The zero-order valence-corrected chi connectivity index (χ0v) is 13.5. The molecule has 0 unspecified atom stereocenters. The van der Waals surface area contributed by atoms with Crippen LogP contribution in [-0.2, 0) is 0 Å². The minimum atomic E-state index is -0.556. The quantitative estimate of drug-likeness (QED) is 0.593. The summed E-state index contributed by atoms with van der Waals surface area (Å²) in [5.41, 5.74) is 1.04. The van der Waals surface area contributed by atoms with Gasteiger partial charge < -0.3 is 9.73 Å². The van der Waals surface area contributed by atoms with Crippen molar-refractivity contribution in [2.45, 2.75) is 0 Å². The first kappa shape index (κ1) is 15.4. The van der Waals surface area contributed by atoms with E-state index >= 15 is 0 Å². The maximum Gasteiger partial charge on any atom is 0.291 e. The van der Waals surface area contributed by atoms with Gasteiger partial charge in [-0.1, -0.05) is 35.9 Å². The molecule has 6 heteroatoms. The van der Waals surface area contributed by atoms with Crippen LogP contribution in [-0.4, -0.2) is 17.5 Å². The van der Waals surface area contributed by atoms with Gasteiger partial charge in [0.25, 0.3) is 5.91 Å². The van der Waals surface area contributed by atoms with Crippen LogP contribution in [0.2, 0.25) is 5.02 Å². The zero-order chi connectivity index (χ0) is 17.6. The third-order valence-corrected chi connectivity index (χ3v) is 4.34. The van der Waals surface area contributed by atoms with Crippen molar-refractivity contribution in [3.8, 4) is 0 Å². The van der Waals surface area contributed by atoms with Crippen LogP contribution >= 0.6 is 11.6 Å². The van der Waals surface area contributed by atoms with Crippen LogP contribution in [0.4, 0.5) is 5.69 Å². The fourth-order valence-corrected chi connectivity index (χ4v) is 3.07. The van der Waals surface area contributed by atoms with Gasteiger partial charge in [0.2, 0.25) is 0 Å². The molecule has 122 valence electrons. The van der Waals surface area contributed by atoms with E-state index in [1.54, 1.807) is 30.3 Å². The van der Waals surface area contributed by atoms with Gasteiger partial charge in [-0.2, -0.15) is 0 Å².